The monoisotopic (exact) mass is 347 g/mol. The van der Waals surface area contributed by atoms with E-state index in [-0.39, 0.29) is 11.7 Å². The zero-order chi connectivity index (χ0) is 17.2. The molecule has 1 amide bonds. The topological polar surface area (TPSA) is 81.7 Å². The van der Waals surface area contributed by atoms with Gasteiger partial charge in [0.15, 0.2) is 21.3 Å². The van der Waals surface area contributed by atoms with Crippen LogP contribution < -0.4 is 14.8 Å². The maximum Gasteiger partial charge on any atom is 0.255 e. The normalized spacial score (nSPS) is 13.4. The number of ether oxygens (including phenoxy) is 2. The zero-order valence-corrected chi connectivity index (χ0v) is 13.9. The molecule has 0 aromatic heterocycles. The van der Waals surface area contributed by atoms with Gasteiger partial charge in [-0.15, -0.1) is 0 Å². The fourth-order valence-electron chi connectivity index (χ4n) is 2.43. The van der Waals surface area contributed by atoms with Crippen LogP contribution in [0.15, 0.2) is 42.5 Å². The molecule has 126 valence electrons. The molecule has 0 aliphatic carbocycles. The molecule has 7 heteroatoms. The Kier molecular flexibility index (Phi) is 4.44. The second kappa shape index (κ2) is 6.52. The molecule has 1 heterocycles. The minimum absolute atomic E-state index is 0.0991. The lowest BCUT2D eigenvalue weighted by atomic mass is 10.1. The van der Waals surface area contributed by atoms with Gasteiger partial charge in [-0.05, 0) is 29.8 Å². The molecule has 1 aliphatic heterocycles. The molecule has 1 N–H and O–H groups in total. The van der Waals surface area contributed by atoms with Crippen molar-refractivity contribution in [3.05, 3.63) is 53.6 Å². The maximum absolute atomic E-state index is 12.4. The summed E-state index contributed by atoms with van der Waals surface area (Å²) in [6, 6.07) is 11.7. The predicted molar refractivity (Wildman–Crippen MR) is 90.4 cm³/mol. The average molecular weight is 347 g/mol. The van der Waals surface area contributed by atoms with Crippen molar-refractivity contribution in [1.29, 1.82) is 0 Å². The summed E-state index contributed by atoms with van der Waals surface area (Å²) in [5, 5.41) is 2.77. The van der Waals surface area contributed by atoms with Crippen LogP contribution >= 0.6 is 0 Å². The molecule has 0 radical (unpaired) electrons. The maximum atomic E-state index is 12.4. The Morgan fingerprint density at radius 2 is 1.83 bits per heavy atom. The minimum Gasteiger partial charge on any atom is -0.486 e. The van der Waals surface area contributed by atoms with Gasteiger partial charge >= 0.3 is 0 Å². The van der Waals surface area contributed by atoms with Crippen molar-refractivity contribution in [1.82, 2.24) is 0 Å². The van der Waals surface area contributed by atoms with E-state index < -0.39 is 9.84 Å². The molecular formula is C17H17NO5S. The Morgan fingerprint density at radius 1 is 1.08 bits per heavy atom. The summed E-state index contributed by atoms with van der Waals surface area (Å²) < 4.78 is 33.7. The molecule has 3 rings (SSSR count). The number of fused-ring (bicyclic) bond motifs is 1. The van der Waals surface area contributed by atoms with Crippen molar-refractivity contribution in [2.45, 2.75) is 5.75 Å². The lowest BCUT2D eigenvalue weighted by Gasteiger charge is -2.19. The van der Waals surface area contributed by atoms with Crippen LogP contribution in [0.1, 0.15) is 15.9 Å². The largest absolute Gasteiger partial charge is 0.486 e. The molecule has 24 heavy (non-hydrogen) atoms. The number of benzene rings is 2. The highest BCUT2D eigenvalue weighted by molar-refractivity contribution is 7.89. The van der Waals surface area contributed by atoms with Crippen LogP contribution in [0.2, 0.25) is 0 Å². The van der Waals surface area contributed by atoms with E-state index in [4.69, 9.17) is 9.47 Å². The van der Waals surface area contributed by atoms with Crippen molar-refractivity contribution in [3.63, 3.8) is 0 Å². The second-order valence-electron chi connectivity index (χ2n) is 5.58. The molecule has 0 atom stereocenters. The van der Waals surface area contributed by atoms with Crippen LogP contribution in [0.3, 0.4) is 0 Å². The van der Waals surface area contributed by atoms with Gasteiger partial charge in [0.1, 0.15) is 13.2 Å². The summed E-state index contributed by atoms with van der Waals surface area (Å²) in [5.41, 5.74) is 1.55. The van der Waals surface area contributed by atoms with Crippen LogP contribution in [0, 0.1) is 0 Å². The van der Waals surface area contributed by atoms with E-state index >= 15 is 0 Å². The van der Waals surface area contributed by atoms with Gasteiger partial charge in [0.25, 0.3) is 5.91 Å². The molecule has 0 unspecified atom stereocenters. The molecular weight excluding hydrogens is 330 g/mol. The van der Waals surface area contributed by atoms with Gasteiger partial charge in [-0.3, -0.25) is 4.79 Å². The first-order valence-electron chi connectivity index (χ1n) is 7.38. The van der Waals surface area contributed by atoms with Gasteiger partial charge in [-0.25, -0.2) is 8.42 Å². The van der Waals surface area contributed by atoms with E-state index in [1.807, 2.05) is 0 Å². The highest BCUT2D eigenvalue weighted by Gasteiger charge is 2.14. The smallest absolute Gasteiger partial charge is 0.255 e. The van der Waals surface area contributed by atoms with Gasteiger partial charge in [0.2, 0.25) is 0 Å². The van der Waals surface area contributed by atoms with E-state index in [1.165, 1.54) is 0 Å². The molecule has 0 spiro atoms. The van der Waals surface area contributed by atoms with Crippen molar-refractivity contribution < 1.29 is 22.7 Å². The van der Waals surface area contributed by atoms with Crippen LogP contribution in [-0.4, -0.2) is 33.8 Å². The minimum atomic E-state index is -3.15. The summed E-state index contributed by atoms with van der Waals surface area (Å²) in [6.07, 6.45) is 1.16. The van der Waals surface area contributed by atoms with Crippen molar-refractivity contribution >= 4 is 21.4 Å². The van der Waals surface area contributed by atoms with Crippen LogP contribution in [0.4, 0.5) is 5.69 Å². The highest BCUT2D eigenvalue weighted by atomic mass is 32.2. The van der Waals surface area contributed by atoms with Gasteiger partial charge in [-0.2, -0.15) is 0 Å². The van der Waals surface area contributed by atoms with Crippen LogP contribution in [0.5, 0.6) is 11.5 Å². The van der Waals surface area contributed by atoms with Gasteiger partial charge in [0.05, 0.1) is 5.75 Å². The molecule has 6 nitrogen and oxygen atoms in total. The first kappa shape index (κ1) is 16.3. The molecule has 0 bridgehead atoms. The van der Waals surface area contributed by atoms with Gasteiger partial charge < -0.3 is 14.8 Å². The standard InChI is InChI=1S/C17H17NO5S/c1-24(20,21)11-12-3-2-4-13(9-12)17(19)18-14-5-6-15-16(10-14)23-8-7-22-15/h2-6,9-10H,7-8,11H2,1H3,(H,18,19). The molecule has 0 saturated heterocycles. The third-order valence-corrected chi connectivity index (χ3v) is 4.28. The van der Waals surface area contributed by atoms with E-state index in [1.54, 1.807) is 42.5 Å². The number of sulfone groups is 1. The van der Waals surface area contributed by atoms with Gasteiger partial charge in [0, 0.05) is 23.6 Å². The fraction of sp³-hybridized carbons (Fsp3) is 0.235. The van der Waals surface area contributed by atoms with E-state index in [0.717, 1.165) is 6.26 Å². The first-order valence-corrected chi connectivity index (χ1v) is 9.44. The summed E-state index contributed by atoms with van der Waals surface area (Å²) in [7, 11) is -3.15. The number of amides is 1. The van der Waals surface area contributed by atoms with Crippen molar-refractivity contribution in [3.8, 4) is 11.5 Å². The molecule has 2 aromatic carbocycles. The van der Waals surface area contributed by atoms with Crippen molar-refractivity contribution in [2.24, 2.45) is 0 Å². The second-order valence-corrected chi connectivity index (χ2v) is 7.72. The molecule has 0 saturated carbocycles. The number of anilines is 1. The number of rotatable bonds is 4. The Morgan fingerprint density at radius 3 is 2.58 bits per heavy atom. The third kappa shape index (κ3) is 4.05. The van der Waals surface area contributed by atoms with Crippen LogP contribution in [-0.2, 0) is 15.6 Å². The Balaban J connectivity index is 1.76. The average Bonchev–Trinajstić information content (AvgIpc) is 2.53. The number of hydrogen-bond acceptors (Lipinski definition) is 5. The highest BCUT2D eigenvalue weighted by Crippen LogP contribution is 2.32. The summed E-state index contributed by atoms with van der Waals surface area (Å²) >= 11 is 0. The fourth-order valence-corrected chi connectivity index (χ4v) is 3.21. The Hall–Kier alpha value is -2.54. The van der Waals surface area contributed by atoms with Crippen molar-refractivity contribution in [2.75, 3.05) is 24.8 Å². The van der Waals surface area contributed by atoms with Crippen LogP contribution in [0.25, 0.3) is 0 Å². The number of nitrogens with one attached hydrogen (secondary N) is 1. The number of carbonyl (C=O) groups is 1. The first-order chi connectivity index (χ1) is 11.4. The zero-order valence-electron chi connectivity index (χ0n) is 13.1. The lowest BCUT2D eigenvalue weighted by Crippen LogP contribution is -2.16. The number of hydrogen-bond donors (Lipinski definition) is 1. The quantitative estimate of drug-likeness (QED) is 0.917. The Bertz CT molecular complexity index is 876. The molecule has 1 aliphatic rings. The third-order valence-electron chi connectivity index (χ3n) is 3.42. The van der Waals surface area contributed by atoms with E-state index in [0.29, 0.717) is 41.5 Å². The SMILES string of the molecule is CS(=O)(=O)Cc1cccc(C(=O)Nc2ccc3c(c2)OCCO3)c1. The van der Waals surface area contributed by atoms with E-state index in [9.17, 15) is 13.2 Å². The predicted octanol–water partition coefficient (Wildman–Crippen LogP) is 2.25. The Labute approximate surface area is 140 Å². The van der Waals surface area contributed by atoms with Gasteiger partial charge in [-0.1, -0.05) is 12.1 Å². The number of carbonyl (C=O) groups excluding carboxylic acids is 1. The lowest BCUT2D eigenvalue weighted by molar-refractivity contribution is 0.102. The summed E-state index contributed by atoms with van der Waals surface area (Å²) in [4.78, 5) is 12.4. The summed E-state index contributed by atoms with van der Waals surface area (Å²) in [6.45, 7) is 0.976. The summed E-state index contributed by atoms with van der Waals surface area (Å²) in [5.74, 6) is 0.819. The molecule has 2 aromatic rings. The van der Waals surface area contributed by atoms with E-state index in [2.05, 4.69) is 5.32 Å². The molecule has 0 fully saturated rings.